The number of rotatable bonds is 5. The molecule has 0 aliphatic heterocycles. The predicted octanol–water partition coefficient (Wildman–Crippen LogP) is 3.84. The van der Waals surface area contributed by atoms with Crippen molar-refractivity contribution in [1.29, 1.82) is 0 Å². The van der Waals surface area contributed by atoms with Crippen molar-refractivity contribution in [1.82, 2.24) is 15.1 Å². The van der Waals surface area contributed by atoms with E-state index in [4.69, 9.17) is 0 Å². The summed E-state index contributed by atoms with van der Waals surface area (Å²) in [5.41, 5.74) is 1.33. The molecule has 1 N–H and O–H groups in total. The summed E-state index contributed by atoms with van der Waals surface area (Å²) >= 11 is 0. The summed E-state index contributed by atoms with van der Waals surface area (Å²) in [5.74, 6) is 0. The van der Waals surface area contributed by atoms with Crippen molar-refractivity contribution < 1.29 is 0 Å². The van der Waals surface area contributed by atoms with Gasteiger partial charge in [-0.2, -0.15) is 5.10 Å². The van der Waals surface area contributed by atoms with Crippen molar-refractivity contribution in [2.75, 3.05) is 6.54 Å². The summed E-state index contributed by atoms with van der Waals surface area (Å²) in [4.78, 5) is 0. The fourth-order valence-electron chi connectivity index (χ4n) is 2.78. The van der Waals surface area contributed by atoms with E-state index in [0.29, 0.717) is 12.1 Å². The van der Waals surface area contributed by atoms with Crippen molar-refractivity contribution >= 4 is 0 Å². The number of nitrogens with zero attached hydrogens (tertiary/aromatic N) is 2. The van der Waals surface area contributed by atoms with Crippen LogP contribution in [0.5, 0.6) is 0 Å². The zero-order valence-corrected chi connectivity index (χ0v) is 11.9. The molecule has 1 aliphatic carbocycles. The number of aromatic nitrogens is 2. The average Bonchev–Trinajstić information content (AvgIpc) is 2.72. The maximum Gasteiger partial charge on any atom is 0.0537 e. The smallest absolute Gasteiger partial charge is 0.0537 e. The summed E-state index contributed by atoms with van der Waals surface area (Å²) in [6.45, 7) is 5.51. The molecule has 0 bridgehead atoms. The lowest BCUT2D eigenvalue weighted by molar-refractivity contribution is 0.405. The van der Waals surface area contributed by atoms with E-state index < -0.39 is 0 Å². The second kappa shape index (κ2) is 6.93. The Morgan fingerprint density at radius 3 is 2.72 bits per heavy atom. The number of nitrogens with one attached hydrogen (secondary N) is 1. The van der Waals surface area contributed by atoms with Gasteiger partial charge in [0.05, 0.1) is 12.2 Å². The molecular formula is C15H27N3. The van der Waals surface area contributed by atoms with E-state index in [9.17, 15) is 0 Å². The Labute approximate surface area is 111 Å². The fourth-order valence-corrected chi connectivity index (χ4v) is 2.78. The van der Waals surface area contributed by atoms with Crippen LogP contribution in [0.15, 0.2) is 12.4 Å². The highest BCUT2D eigenvalue weighted by atomic mass is 15.3. The topological polar surface area (TPSA) is 29.9 Å². The molecule has 1 fully saturated rings. The van der Waals surface area contributed by atoms with Crippen LogP contribution in [-0.2, 0) is 0 Å². The Bertz CT molecular complexity index is 337. The van der Waals surface area contributed by atoms with E-state index in [2.05, 4.69) is 35.1 Å². The third-order valence-corrected chi connectivity index (χ3v) is 4.02. The van der Waals surface area contributed by atoms with E-state index in [1.807, 2.05) is 6.20 Å². The quantitative estimate of drug-likeness (QED) is 0.804. The van der Waals surface area contributed by atoms with Gasteiger partial charge in [0.15, 0.2) is 0 Å². The molecule has 1 heterocycles. The largest absolute Gasteiger partial charge is 0.310 e. The number of hydrogen-bond acceptors (Lipinski definition) is 2. The van der Waals surface area contributed by atoms with Crippen molar-refractivity contribution in [3.63, 3.8) is 0 Å². The van der Waals surface area contributed by atoms with Gasteiger partial charge in [0.1, 0.15) is 0 Å². The van der Waals surface area contributed by atoms with E-state index in [1.165, 1.54) is 50.5 Å². The lowest BCUT2D eigenvalue weighted by Gasteiger charge is -2.15. The first-order valence-electron chi connectivity index (χ1n) is 7.58. The highest BCUT2D eigenvalue weighted by molar-refractivity contribution is 5.09. The van der Waals surface area contributed by atoms with Crippen LogP contribution < -0.4 is 5.32 Å². The average molecular weight is 249 g/mol. The van der Waals surface area contributed by atoms with Crippen molar-refractivity contribution in [3.05, 3.63) is 18.0 Å². The summed E-state index contributed by atoms with van der Waals surface area (Å²) in [7, 11) is 0. The van der Waals surface area contributed by atoms with Gasteiger partial charge in [-0.25, -0.2) is 0 Å². The Balaban J connectivity index is 1.95. The SMILES string of the molecule is CCCNC(C)c1cnn(C2CCCCCC2)c1. The molecule has 0 amide bonds. The molecule has 102 valence electrons. The summed E-state index contributed by atoms with van der Waals surface area (Å²) < 4.78 is 2.21. The molecule has 1 saturated carbocycles. The Morgan fingerprint density at radius 2 is 2.06 bits per heavy atom. The highest BCUT2D eigenvalue weighted by Crippen LogP contribution is 2.27. The molecule has 2 rings (SSSR count). The monoisotopic (exact) mass is 249 g/mol. The predicted molar refractivity (Wildman–Crippen MR) is 75.7 cm³/mol. The van der Waals surface area contributed by atoms with Gasteiger partial charge in [0.25, 0.3) is 0 Å². The van der Waals surface area contributed by atoms with E-state index in [-0.39, 0.29) is 0 Å². The van der Waals surface area contributed by atoms with Crippen LogP contribution in [-0.4, -0.2) is 16.3 Å². The lowest BCUT2D eigenvalue weighted by Crippen LogP contribution is -2.18. The van der Waals surface area contributed by atoms with Crippen LogP contribution in [0.25, 0.3) is 0 Å². The van der Waals surface area contributed by atoms with Gasteiger partial charge in [0, 0.05) is 17.8 Å². The molecule has 3 heteroatoms. The van der Waals surface area contributed by atoms with Crippen molar-refractivity contribution in [2.24, 2.45) is 0 Å². The second-order valence-electron chi connectivity index (χ2n) is 5.57. The Kier molecular flexibility index (Phi) is 5.24. The number of hydrogen-bond donors (Lipinski definition) is 1. The highest BCUT2D eigenvalue weighted by Gasteiger charge is 2.16. The fraction of sp³-hybridized carbons (Fsp3) is 0.800. The van der Waals surface area contributed by atoms with Gasteiger partial charge >= 0.3 is 0 Å². The minimum atomic E-state index is 0.421. The second-order valence-corrected chi connectivity index (χ2v) is 5.57. The molecule has 0 radical (unpaired) electrons. The first-order chi connectivity index (χ1) is 8.81. The third kappa shape index (κ3) is 3.58. The summed E-state index contributed by atoms with van der Waals surface area (Å²) in [6.07, 6.45) is 13.6. The Hall–Kier alpha value is -0.830. The molecule has 0 saturated heterocycles. The zero-order valence-electron chi connectivity index (χ0n) is 11.9. The van der Waals surface area contributed by atoms with Crippen LogP contribution >= 0.6 is 0 Å². The van der Waals surface area contributed by atoms with E-state index in [1.54, 1.807) is 0 Å². The maximum atomic E-state index is 4.59. The van der Waals surface area contributed by atoms with Crippen LogP contribution in [0.3, 0.4) is 0 Å². The minimum Gasteiger partial charge on any atom is -0.310 e. The van der Waals surface area contributed by atoms with Crippen LogP contribution in [0, 0.1) is 0 Å². The van der Waals surface area contributed by atoms with E-state index in [0.717, 1.165) is 6.54 Å². The summed E-state index contributed by atoms with van der Waals surface area (Å²) in [5, 5.41) is 8.11. The van der Waals surface area contributed by atoms with E-state index >= 15 is 0 Å². The molecule has 3 nitrogen and oxygen atoms in total. The van der Waals surface area contributed by atoms with Gasteiger partial charge in [-0.3, -0.25) is 4.68 Å². The molecule has 1 aliphatic rings. The zero-order chi connectivity index (χ0) is 12.8. The van der Waals surface area contributed by atoms with Crippen LogP contribution in [0.1, 0.15) is 76.4 Å². The van der Waals surface area contributed by atoms with Crippen LogP contribution in [0.2, 0.25) is 0 Å². The molecule has 0 spiro atoms. The van der Waals surface area contributed by atoms with Crippen molar-refractivity contribution in [3.8, 4) is 0 Å². The normalized spacial score (nSPS) is 19.7. The standard InChI is InChI=1S/C15H27N3/c1-3-10-16-13(2)14-11-17-18(12-14)15-8-6-4-5-7-9-15/h11-13,15-16H,3-10H2,1-2H3. The third-order valence-electron chi connectivity index (χ3n) is 4.02. The van der Waals surface area contributed by atoms with Gasteiger partial charge in [-0.05, 0) is 32.7 Å². The molecule has 18 heavy (non-hydrogen) atoms. The first kappa shape index (κ1) is 13.6. The van der Waals surface area contributed by atoms with Gasteiger partial charge in [0.2, 0.25) is 0 Å². The molecule has 1 unspecified atom stereocenters. The Morgan fingerprint density at radius 1 is 1.33 bits per heavy atom. The summed E-state index contributed by atoms with van der Waals surface area (Å²) in [6, 6.07) is 1.06. The minimum absolute atomic E-state index is 0.421. The van der Waals surface area contributed by atoms with Crippen molar-refractivity contribution in [2.45, 2.75) is 70.9 Å². The molecule has 1 atom stereocenters. The van der Waals surface area contributed by atoms with Gasteiger partial charge in [-0.1, -0.05) is 32.6 Å². The van der Waals surface area contributed by atoms with Gasteiger partial charge in [-0.15, -0.1) is 0 Å². The first-order valence-corrected chi connectivity index (χ1v) is 7.58. The molecule has 1 aromatic rings. The molecule has 1 aromatic heterocycles. The van der Waals surface area contributed by atoms with Gasteiger partial charge < -0.3 is 5.32 Å². The molecular weight excluding hydrogens is 222 g/mol. The molecule has 0 aromatic carbocycles. The maximum absolute atomic E-state index is 4.59. The van der Waals surface area contributed by atoms with Crippen LogP contribution in [0.4, 0.5) is 0 Å². The lowest BCUT2D eigenvalue weighted by atomic mass is 10.1.